The molecule has 170 valence electrons. The molecule has 0 spiro atoms. The van der Waals surface area contributed by atoms with Gasteiger partial charge in [-0.05, 0) is 36.4 Å². The van der Waals surface area contributed by atoms with Gasteiger partial charge in [-0.1, -0.05) is 30.3 Å². The van der Waals surface area contributed by atoms with E-state index in [-0.39, 0.29) is 11.3 Å². The first-order valence-corrected chi connectivity index (χ1v) is 10.5. The van der Waals surface area contributed by atoms with Crippen LogP contribution in [0.4, 0.5) is 25.0 Å². The summed E-state index contributed by atoms with van der Waals surface area (Å²) < 4.78 is 28.4. The Kier molecular flexibility index (Phi) is 5.29. The zero-order valence-corrected chi connectivity index (χ0v) is 18.0. The third-order valence-electron chi connectivity index (χ3n) is 5.63. The number of urea groups is 1. The van der Waals surface area contributed by atoms with Crippen LogP contribution in [0.3, 0.4) is 0 Å². The van der Waals surface area contributed by atoms with Gasteiger partial charge in [-0.3, -0.25) is 4.79 Å². The van der Waals surface area contributed by atoms with Crippen LogP contribution in [-0.4, -0.2) is 35.8 Å². The molecule has 5 rings (SSSR count). The quantitative estimate of drug-likeness (QED) is 0.424. The zero-order chi connectivity index (χ0) is 23.8. The number of benzene rings is 3. The Bertz CT molecular complexity index is 1460. The molecule has 0 saturated carbocycles. The Hall–Kier alpha value is -4.53. The van der Waals surface area contributed by atoms with E-state index in [1.54, 1.807) is 55.6 Å². The molecule has 1 aliphatic heterocycles. The Labute approximate surface area is 193 Å². The van der Waals surface area contributed by atoms with Crippen molar-refractivity contribution in [3.63, 3.8) is 0 Å². The Morgan fingerprint density at radius 1 is 1.03 bits per heavy atom. The molecule has 0 aliphatic carbocycles. The van der Waals surface area contributed by atoms with Gasteiger partial charge in [0.25, 0.3) is 5.91 Å². The number of nitrogens with zero attached hydrogens (tertiary/aromatic N) is 2. The number of carbonyl (C=O) groups is 2. The van der Waals surface area contributed by atoms with Crippen molar-refractivity contribution >= 4 is 39.9 Å². The summed E-state index contributed by atoms with van der Waals surface area (Å²) in [4.78, 5) is 34.8. The minimum atomic E-state index is -1.33. The number of nitrogens with one attached hydrogen (secondary N) is 3. The normalized spacial score (nSPS) is 15.5. The number of halogens is 2. The van der Waals surface area contributed by atoms with Gasteiger partial charge in [0.15, 0.2) is 0 Å². The Morgan fingerprint density at radius 2 is 1.76 bits per heavy atom. The molecule has 7 nitrogen and oxygen atoms in total. The van der Waals surface area contributed by atoms with E-state index in [4.69, 9.17) is 0 Å². The van der Waals surface area contributed by atoms with Gasteiger partial charge in [0.05, 0.1) is 17.1 Å². The van der Waals surface area contributed by atoms with E-state index in [1.165, 1.54) is 29.3 Å². The lowest BCUT2D eigenvalue weighted by molar-refractivity contribution is -0.119. The summed E-state index contributed by atoms with van der Waals surface area (Å²) in [6, 6.07) is 16.5. The summed E-state index contributed by atoms with van der Waals surface area (Å²) in [5, 5.41) is 5.65. The van der Waals surface area contributed by atoms with Gasteiger partial charge in [-0.25, -0.2) is 18.6 Å². The van der Waals surface area contributed by atoms with Crippen LogP contribution in [0.25, 0.3) is 10.9 Å². The summed E-state index contributed by atoms with van der Waals surface area (Å²) in [6.07, 6.45) is 0.197. The van der Waals surface area contributed by atoms with Crippen LogP contribution in [0.1, 0.15) is 11.1 Å². The molecular formula is C25H19F2N5O2. The number of aromatic amines is 1. The molecule has 0 radical (unpaired) electrons. The minimum absolute atomic E-state index is 0.206. The highest BCUT2D eigenvalue weighted by Gasteiger charge is 2.31. The molecule has 0 saturated heterocycles. The fourth-order valence-electron chi connectivity index (χ4n) is 3.96. The number of para-hydroxylation sites is 1. The SMILES string of the molecule is CN1C(=O)C(NC(=O)Nc2c[nH]c3ccc(F)cc23)N=C(c2ccccc2F)c2ccccc21. The number of aliphatic imine (C=N–C) groups is 1. The number of aromatic nitrogens is 1. The second-order valence-corrected chi connectivity index (χ2v) is 7.77. The third-order valence-corrected chi connectivity index (χ3v) is 5.63. The number of amides is 3. The van der Waals surface area contributed by atoms with Crippen LogP contribution in [0, 0.1) is 11.6 Å². The lowest BCUT2D eigenvalue weighted by atomic mass is 10.00. The van der Waals surface area contributed by atoms with Crippen molar-refractivity contribution in [2.24, 2.45) is 4.99 Å². The molecule has 1 atom stereocenters. The lowest BCUT2D eigenvalue weighted by Gasteiger charge is -2.21. The van der Waals surface area contributed by atoms with Crippen molar-refractivity contribution in [3.8, 4) is 0 Å². The molecule has 1 unspecified atom stereocenters. The Balaban J connectivity index is 1.51. The number of H-pyrrole nitrogens is 1. The standard InChI is InChI=1S/C25H19F2N5O2/c1-32-21-9-5-3-7-16(21)22(15-6-2-4-8-18(15)27)30-23(24(32)33)31-25(34)29-20-13-28-19-11-10-14(26)12-17(19)20/h2-13,23,28H,1H3,(H2,29,31,34). The van der Waals surface area contributed by atoms with Crippen LogP contribution in [0.2, 0.25) is 0 Å². The number of anilines is 2. The van der Waals surface area contributed by atoms with Crippen molar-refractivity contribution in [1.29, 1.82) is 0 Å². The average Bonchev–Trinajstić information content (AvgIpc) is 3.18. The number of rotatable bonds is 3. The van der Waals surface area contributed by atoms with E-state index < -0.39 is 29.7 Å². The van der Waals surface area contributed by atoms with E-state index in [1.807, 2.05) is 0 Å². The molecule has 3 aromatic carbocycles. The summed E-state index contributed by atoms with van der Waals surface area (Å²) >= 11 is 0. The summed E-state index contributed by atoms with van der Waals surface area (Å²) in [6.45, 7) is 0. The number of carbonyl (C=O) groups excluding carboxylic acids is 2. The van der Waals surface area contributed by atoms with E-state index in [0.29, 0.717) is 27.8 Å². The van der Waals surface area contributed by atoms with E-state index in [2.05, 4.69) is 20.6 Å². The minimum Gasteiger partial charge on any atom is -0.359 e. The second-order valence-electron chi connectivity index (χ2n) is 7.77. The lowest BCUT2D eigenvalue weighted by Crippen LogP contribution is -2.47. The topological polar surface area (TPSA) is 89.6 Å². The molecule has 0 bridgehead atoms. The first kappa shape index (κ1) is 21.3. The van der Waals surface area contributed by atoms with Crippen molar-refractivity contribution in [2.75, 3.05) is 17.3 Å². The molecule has 34 heavy (non-hydrogen) atoms. The average molecular weight is 459 g/mol. The second kappa shape index (κ2) is 8.43. The summed E-state index contributed by atoms with van der Waals surface area (Å²) in [7, 11) is 1.57. The number of hydrogen-bond acceptors (Lipinski definition) is 3. The number of hydrogen-bond donors (Lipinski definition) is 3. The predicted octanol–water partition coefficient (Wildman–Crippen LogP) is 4.41. The number of likely N-dealkylation sites (N-methyl/N-ethyl adjacent to an activating group) is 1. The van der Waals surface area contributed by atoms with Gasteiger partial charge in [0.1, 0.15) is 11.6 Å². The molecular weight excluding hydrogens is 440 g/mol. The molecule has 2 heterocycles. The van der Waals surface area contributed by atoms with Gasteiger partial charge in [-0.15, -0.1) is 0 Å². The van der Waals surface area contributed by atoms with Crippen molar-refractivity contribution < 1.29 is 18.4 Å². The molecule has 1 aromatic heterocycles. The van der Waals surface area contributed by atoms with Gasteiger partial charge in [0, 0.05) is 35.3 Å². The maximum absolute atomic E-state index is 14.7. The predicted molar refractivity (Wildman–Crippen MR) is 126 cm³/mol. The van der Waals surface area contributed by atoms with Gasteiger partial charge in [-0.2, -0.15) is 0 Å². The van der Waals surface area contributed by atoms with Crippen LogP contribution in [0.5, 0.6) is 0 Å². The van der Waals surface area contributed by atoms with Gasteiger partial charge >= 0.3 is 6.03 Å². The maximum Gasteiger partial charge on any atom is 0.321 e. The highest BCUT2D eigenvalue weighted by Crippen LogP contribution is 2.28. The van der Waals surface area contributed by atoms with Gasteiger partial charge < -0.3 is 20.5 Å². The molecule has 9 heteroatoms. The zero-order valence-electron chi connectivity index (χ0n) is 18.0. The monoisotopic (exact) mass is 459 g/mol. The van der Waals surface area contributed by atoms with E-state index >= 15 is 0 Å². The number of benzodiazepines with no additional fused rings is 1. The van der Waals surface area contributed by atoms with Gasteiger partial charge in [0.2, 0.25) is 6.17 Å². The van der Waals surface area contributed by atoms with Crippen LogP contribution in [-0.2, 0) is 4.79 Å². The fraction of sp³-hybridized carbons (Fsp3) is 0.0800. The first-order valence-electron chi connectivity index (χ1n) is 10.5. The summed E-state index contributed by atoms with van der Waals surface area (Å²) in [5.74, 6) is -1.45. The van der Waals surface area contributed by atoms with Crippen LogP contribution < -0.4 is 15.5 Å². The molecule has 0 fully saturated rings. The van der Waals surface area contributed by atoms with Crippen LogP contribution in [0.15, 0.2) is 77.9 Å². The summed E-state index contributed by atoms with van der Waals surface area (Å²) in [5.41, 5.74) is 2.51. The molecule has 3 amide bonds. The largest absolute Gasteiger partial charge is 0.359 e. The van der Waals surface area contributed by atoms with Crippen molar-refractivity contribution in [1.82, 2.24) is 10.3 Å². The Morgan fingerprint density at radius 3 is 2.56 bits per heavy atom. The maximum atomic E-state index is 14.7. The van der Waals surface area contributed by atoms with Crippen molar-refractivity contribution in [3.05, 3.63) is 95.7 Å². The van der Waals surface area contributed by atoms with Crippen molar-refractivity contribution in [2.45, 2.75) is 6.17 Å². The highest BCUT2D eigenvalue weighted by atomic mass is 19.1. The molecule has 3 N–H and O–H groups in total. The van der Waals surface area contributed by atoms with E-state index in [9.17, 15) is 18.4 Å². The highest BCUT2D eigenvalue weighted by molar-refractivity contribution is 6.20. The first-order chi connectivity index (χ1) is 16.4. The van der Waals surface area contributed by atoms with Crippen LogP contribution >= 0.6 is 0 Å². The third kappa shape index (κ3) is 3.77. The molecule has 4 aromatic rings. The smallest absolute Gasteiger partial charge is 0.321 e. The van der Waals surface area contributed by atoms with E-state index in [0.717, 1.165) is 0 Å². The fourth-order valence-corrected chi connectivity index (χ4v) is 3.96. The molecule has 1 aliphatic rings. The number of fused-ring (bicyclic) bond motifs is 2.